The Labute approximate surface area is 117 Å². The first-order chi connectivity index (χ1) is 9.15. The van der Waals surface area contributed by atoms with Crippen LogP contribution in [0.3, 0.4) is 0 Å². The average Bonchev–Trinajstić information content (AvgIpc) is 2.39. The lowest BCUT2D eigenvalue weighted by Gasteiger charge is -2.36. The lowest BCUT2D eigenvalue weighted by atomic mass is 10.1. The van der Waals surface area contributed by atoms with Crippen LogP contribution in [0, 0.1) is 12.3 Å². The van der Waals surface area contributed by atoms with Gasteiger partial charge in [-0.1, -0.05) is 29.7 Å². The minimum absolute atomic E-state index is 0.296. The molecular formula is C14H14ClN3O. The second kappa shape index (κ2) is 5.87. The highest BCUT2D eigenvalue weighted by Crippen LogP contribution is 2.16. The molecule has 1 aromatic carbocycles. The fraction of sp³-hybridized carbons (Fsp3) is 0.286. The van der Waals surface area contributed by atoms with Crippen molar-refractivity contribution in [2.75, 3.05) is 20.1 Å². The van der Waals surface area contributed by atoms with Crippen molar-refractivity contribution in [2.24, 2.45) is 5.10 Å². The molecule has 0 aromatic heterocycles. The Morgan fingerprint density at radius 3 is 2.79 bits per heavy atom. The fourth-order valence-corrected chi connectivity index (χ4v) is 2.12. The van der Waals surface area contributed by atoms with Crippen LogP contribution in [0.2, 0.25) is 5.02 Å². The van der Waals surface area contributed by atoms with Crippen LogP contribution in [0.15, 0.2) is 29.4 Å². The molecule has 0 bridgehead atoms. The van der Waals surface area contributed by atoms with Gasteiger partial charge in [-0.05, 0) is 24.7 Å². The average molecular weight is 276 g/mol. The Hall–Kier alpha value is -1.83. The van der Waals surface area contributed by atoms with E-state index >= 15 is 0 Å². The molecule has 0 amide bonds. The molecule has 0 saturated carbocycles. The maximum atomic E-state index is 11.1. The molecule has 0 aliphatic carbocycles. The Morgan fingerprint density at radius 2 is 2.21 bits per heavy atom. The van der Waals surface area contributed by atoms with Crippen molar-refractivity contribution in [1.82, 2.24) is 9.91 Å². The summed E-state index contributed by atoms with van der Waals surface area (Å²) in [7, 11) is 1.87. The van der Waals surface area contributed by atoms with E-state index in [1.165, 1.54) is 0 Å². The van der Waals surface area contributed by atoms with E-state index < -0.39 is 6.17 Å². The molecular weight excluding hydrogens is 262 g/mol. The molecule has 1 aromatic rings. The molecule has 1 heterocycles. The molecule has 0 spiro atoms. The normalized spacial score (nSPS) is 19.7. The second-order valence-electron chi connectivity index (χ2n) is 4.32. The van der Waals surface area contributed by atoms with Gasteiger partial charge in [0.05, 0.1) is 12.3 Å². The van der Waals surface area contributed by atoms with E-state index in [1.54, 1.807) is 5.01 Å². The van der Waals surface area contributed by atoms with Crippen molar-refractivity contribution in [2.45, 2.75) is 6.17 Å². The van der Waals surface area contributed by atoms with Crippen LogP contribution in [0.4, 0.5) is 0 Å². The van der Waals surface area contributed by atoms with Crippen molar-refractivity contribution in [1.29, 1.82) is 0 Å². The van der Waals surface area contributed by atoms with Crippen molar-refractivity contribution in [3.05, 3.63) is 34.9 Å². The molecule has 4 nitrogen and oxygen atoms in total. The number of benzene rings is 1. The number of nitrogens with zero attached hydrogens (tertiary/aromatic N) is 3. The highest BCUT2D eigenvalue weighted by molar-refractivity contribution is 6.30. The minimum atomic E-state index is -0.410. The Bertz CT molecular complexity index is 533. The van der Waals surface area contributed by atoms with E-state index in [0.717, 1.165) is 17.6 Å². The zero-order valence-corrected chi connectivity index (χ0v) is 11.3. The van der Waals surface area contributed by atoms with Crippen LogP contribution in [0.5, 0.6) is 0 Å². The van der Waals surface area contributed by atoms with Gasteiger partial charge < -0.3 is 0 Å². The quantitative estimate of drug-likeness (QED) is 0.619. The lowest BCUT2D eigenvalue weighted by Crippen LogP contribution is -2.51. The number of carbonyl (C=O) groups excluding carboxylic acids is 1. The van der Waals surface area contributed by atoms with Crippen LogP contribution in [0.25, 0.3) is 0 Å². The largest absolute Gasteiger partial charge is 0.299 e. The maximum absolute atomic E-state index is 11.1. The smallest absolute Gasteiger partial charge is 0.158 e. The number of hydrogen-bond donors (Lipinski definition) is 0. The second-order valence-corrected chi connectivity index (χ2v) is 4.76. The number of hydrazone groups is 1. The first-order valence-corrected chi connectivity index (χ1v) is 6.22. The molecule has 0 N–H and O–H groups in total. The lowest BCUT2D eigenvalue weighted by molar-refractivity contribution is -0.117. The molecule has 1 aliphatic heterocycles. The Morgan fingerprint density at radius 1 is 1.53 bits per heavy atom. The molecule has 98 valence electrons. The van der Waals surface area contributed by atoms with Crippen molar-refractivity contribution in [3.8, 4) is 12.3 Å². The van der Waals surface area contributed by atoms with Gasteiger partial charge in [-0.15, -0.1) is 6.42 Å². The topological polar surface area (TPSA) is 35.9 Å². The predicted octanol–water partition coefficient (Wildman–Crippen LogP) is 1.45. The number of carbonyl (C=O) groups is 1. The van der Waals surface area contributed by atoms with Gasteiger partial charge in [-0.3, -0.25) is 14.7 Å². The SMILES string of the molecule is C#CCN1N=C(c2ccc(Cl)cc2)CN(C)C1C=O. The minimum Gasteiger partial charge on any atom is -0.299 e. The summed E-state index contributed by atoms with van der Waals surface area (Å²) in [6.07, 6.45) is 5.75. The molecule has 0 saturated heterocycles. The van der Waals surface area contributed by atoms with Gasteiger partial charge in [0.15, 0.2) is 12.5 Å². The molecule has 0 fully saturated rings. The third-order valence-electron chi connectivity index (χ3n) is 2.96. The fourth-order valence-electron chi connectivity index (χ4n) is 1.99. The summed E-state index contributed by atoms with van der Waals surface area (Å²) in [4.78, 5) is 13.0. The number of hydrogen-bond acceptors (Lipinski definition) is 4. The van der Waals surface area contributed by atoms with E-state index in [-0.39, 0.29) is 0 Å². The summed E-state index contributed by atoms with van der Waals surface area (Å²) < 4.78 is 0. The molecule has 0 radical (unpaired) electrons. The number of halogens is 1. The summed E-state index contributed by atoms with van der Waals surface area (Å²) in [6.45, 7) is 0.886. The third-order valence-corrected chi connectivity index (χ3v) is 3.21. The monoisotopic (exact) mass is 275 g/mol. The number of rotatable bonds is 3. The number of aldehydes is 1. The summed E-state index contributed by atoms with van der Waals surface area (Å²) in [5.41, 5.74) is 1.84. The first kappa shape index (κ1) is 13.6. The zero-order valence-electron chi connectivity index (χ0n) is 10.6. The van der Waals surface area contributed by atoms with E-state index in [2.05, 4.69) is 11.0 Å². The Balaban J connectivity index is 2.33. The zero-order chi connectivity index (χ0) is 13.8. The van der Waals surface area contributed by atoms with Crippen LogP contribution in [0.1, 0.15) is 5.56 Å². The van der Waals surface area contributed by atoms with Crippen molar-refractivity contribution < 1.29 is 4.79 Å². The van der Waals surface area contributed by atoms with Gasteiger partial charge in [0.25, 0.3) is 0 Å². The Kier molecular flexibility index (Phi) is 4.20. The molecule has 1 aliphatic rings. The van der Waals surface area contributed by atoms with Gasteiger partial charge >= 0.3 is 0 Å². The molecule has 1 atom stereocenters. The van der Waals surface area contributed by atoms with Crippen LogP contribution in [-0.2, 0) is 4.79 Å². The van der Waals surface area contributed by atoms with Gasteiger partial charge in [-0.2, -0.15) is 5.10 Å². The molecule has 1 unspecified atom stereocenters. The van der Waals surface area contributed by atoms with E-state index in [0.29, 0.717) is 18.1 Å². The van der Waals surface area contributed by atoms with Gasteiger partial charge in [-0.25, -0.2) is 0 Å². The number of likely N-dealkylation sites (N-methyl/N-ethyl adjacent to an activating group) is 1. The highest BCUT2D eigenvalue weighted by atomic mass is 35.5. The predicted molar refractivity (Wildman–Crippen MR) is 76.0 cm³/mol. The van der Waals surface area contributed by atoms with Crippen LogP contribution >= 0.6 is 11.6 Å². The maximum Gasteiger partial charge on any atom is 0.158 e. The van der Waals surface area contributed by atoms with Crippen LogP contribution in [-0.4, -0.2) is 48.2 Å². The standard InChI is InChI=1S/C14H14ClN3O/c1-3-8-18-14(10-19)17(2)9-13(16-18)11-4-6-12(15)7-5-11/h1,4-7,10,14H,8-9H2,2H3. The van der Waals surface area contributed by atoms with Gasteiger partial charge in [0, 0.05) is 11.6 Å². The molecule has 19 heavy (non-hydrogen) atoms. The molecule has 5 heteroatoms. The van der Waals surface area contributed by atoms with E-state index in [9.17, 15) is 4.79 Å². The summed E-state index contributed by atoms with van der Waals surface area (Å²) in [5, 5.41) is 6.76. The van der Waals surface area contributed by atoms with E-state index in [1.807, 2.05) is 36.2 Å². The van der Waals surface area contributed by atoms with Crippen molar-refractivity contribution >= 4 is 23.6 Å². The number of terminal acetylenes is 1. The summed E-state index contributed by atoms with van der Waals surface area (Å²) in [5.74, 6) is 2.52. The van der Waals surface area contributed by atoms with Gasteiger partial charge in [0.1, 0.15) is 0 Å². The molecule has 2 rings (SSSR count). The van der Waals surface area contributed by atoms with Gasteiger partial charge in [0.2, 0.25) is 0 Å². The third kappa shape index (κ3) is 2.95. The van der Waals surface area contributed by atoms with Crippen molar-refractivity contribution in [3.63, 3.8) is 0 Å². The van der Waals surface area contributed by atoms with Crippen LogP contribution < -0.4 is 0 Å². The summed E-state index contributed by atoms with van der Waals surface area (Å²) in [6, 6.07) is 7.45. The van der Waals surface area contributed by atoms with E-state index in [4.69, 9.17) is 18.0 Å². The first-order valence-electron chi connectivity index (χ1n) is 5.84. The summed E-state index contributed by atoms with van der Waals surface area (Å²) >= 11 is 5.87. The highest BCUT2D eigenvalue weighted by Gasteiger charge is 2.27.